The van der Waals surface area contributed by atoms with E-state index in [1.165, 1.54) is 0 Å². The molecular formula is C10H15N3O2. The lowest BCUT2D eigenvalue weighted by Gasteiger charge is -2.34. The number of aliphatic hydroxyl groups is 1. The lowest BCUT2D eigenvalue weighted by atomic mass is 9.82. The van der Waals surface area contributed by atoms with Gasteiger partial charge in [-0.2, -0.15) is 5.10 Å². The number of amides is 1. The van der Waals surface area contributed by atoms with Gasteiger partial charge < -0.3 is 10.0 Å². The van der Waals surface area contributed by atoms with Crippen molar-refractivity contribution in [2.75, 3.05) is 13.6 Å². The van der Waals surface area contributed by atoms with Crippen molar-refractivity contribution in [3.8, 4) is 0 Å². The predicted molar refractivity (Wildman–Crippen MR) is 54.3 cm³/mol. The van der Waals surface area contributed by atoms with Crippen LogP contribution in [0.15, 0.2) is 12.3 Å². The predicted octanol–water partition coefficient (Wildman–Crippen LogP) is 0.253. The molecule has 1 heterocycles. The maximum absolute atomic E-state index is 11.8. The van der Waals surface area contributed by atoms with Gasteiger partial charge in [0, 0.05) is 19.8 Å². The van der Waals surface area contributed by atoms with E-state index in [0.717, 1.165) is 12.8 Å². The van der Waals surface area contributed by atoms with E-state index in [0.29, 0.717) is 18.2 Å². The summed E-state index contributed by atoms with van der Waals surface area (Å²) in [6.07, 6.45) is 3.01. The quantitative estimate of drug-likeness (QED) is 0.750. The number of aromatic nitrogens is 2. The first-order valence-corrected chi connectivity index (χ1v) is 5.09. The second-order valence-electron chi connectivity index (χ2n) is 4.15. The third-order valence-electron chi connectivity index (χ3n) is 2.82. The van der Waals surface area contributed by atoms with E-state index in [-0.39, 0.29) is 12.0 Å². The van der Waals surface area contributed by atoms with Crippen molar-refractivity contribution in [3.05, 3.63) is 18.0 Å². The topological polar surface area (TPSA) is 69.2 Å². The van der Waals surface area contributed by atoms with Crippen LogP contribution in [-0.4, -0.2) is 45.8 Å². The van der Waals surface area contributed by atoms with Crippen LogP contribution >= 0.6 is 0 Å². The molecule has 1 fully saturated rings. The van der Waals surface area contributed by atoms with Gasteiger partial charge in [0.2, 0.25) is 0 Å². The fourth-order valence-corrected chi connectivity index (χ4v) is 1.90. The number of aromatic amines is 1. The molecule has 1 saturated carbocycles. The van der Waals surface area contributed by atoms with E-state index >= 15 is 0 Å². The third kappa shape index (κ3) is 2.18. The molecule has 2 rings (SSSR count). The van der Waals surface area contributed by atoms with Crippen LogP contribution in [0.2, 0.25) is 0 Å². The van der Waals surface area contributed by atoms with E-state index in [2.05, 4.69) is 10.2 Å². The number of hydrogen-bond donors (Lipinski definition) is 2. The molecule has 0 bridgehead atoms. The maximum Gasteiger partial charge on any atom is 0.271 e. The highest BCUT2D eigenvalue weighted by molar-refractivity contribution is 5.91. The molecule has 5 nitrogen and oxygen atoms in total. The average Bonchev–Trinajstić information content (AvgIpc) is 2.66. The number of nitrogens with one attached hydrogen (secondary N) is 1. The minimum atomic E-state index is -0.161. The first-order valence-electron chi connectivity index (χ1n) is 5.09. The molecule has 1 amide bonds. The van der Waals surface area contributed by atoms with Crippen LogP contribution in [-0.2, 0) is 0 Å². The van der Waals surface area contributed by atoms with Crippen molar-refractivity contribution >= 4 is 5.91 Å². The van der Waals surface area contributed by atoms with Crippen LogP contribution < -0.4 is 0 Å². The number of carbonyl (C=O) groups is 1. The summed E-state index contributed by atoms with van der Waals surface area (Å²) in [5, 5.41) is 15.5. The number of carbonyl (C=O) groups excluding carboxylic acids is 1. The molecule has 0 saturated heterocycles. The molecule has 5 heteroatoms. The van der Waals surface area contributed by atoms with Gasteiger partial charge in [-0.25, -0.2) is 0 Å². The zero-order valence-electron chi connectivity index (χ0n) is 8.68. The summed E-state index contributed by atoms with van der Waals surface area (Å²) >= 11 is 0. The highest BCUT2D eigenvalue weighted by Gasteiger charge is 2.29. The van der Waals surface area contributed by atoms with Gasteiger partial charge >= 0.3 is 0 Å². The van der Waals surface area contributed by atoms with Gasteiger partial charge in [0.15, 0.2) is 0 Å². The summed E-state index contributed by atoms with van der Waals surface area (Å²) in [7, 11) is 1.77. The Morgan fingerprint density at radius 1 is 1.73 bits per heavy atom. The van der Waals surface area contributed by atoms with Crippen molar-refractivity contribution in [2.24, 2.45) is 5.92 Å². The number of aliphatic hydroxyl groups excluding tert-OH is 1. The highest BCUT2D eigenvalue weighted by atomic mass is 16.3. The molecule has 0 radical (unpaired) electrons. The van der Waals surface area contributed by atoms with Crippen LogP contribution in [0, 0.1) is 5.92 Å². The molecule has 1 aliphatic carbocycles. The summed E-state index contributed by atoms with van der Waals surface area (Å²) in [6.45, 7) is 0.703. The number of rotatable bonds is 3. The lowest BCUT2D eigenvalue weighted by Crippen LogP contribution is -2.39. The minimum absolute atomic E-state index is 0.0473. The molecule has 0 unspecified atom stereocenters. The number of hydrogen-bond acceptors (Lipinski definition) is 3. The zero-order valence-corrected chi connectivity index (χ0v) is 8.68. The molecule has 1 aromatic rings. The van der Waals surface area contributed by atoms with Crippen molar-refractivity contribution in [1.29, 1.82) is 0 Å². The monoisotopic (exact) mass is 209 g/mol. The standard InChI is InChI=1S/C10H15N3O2/c1-13(6-7-4-8(14)5-7)10(15)9-2-3-11-12-9/h2-3,7-8,14H,4-6H2,1H3,(H,11,12). The zero-order chi connectivity index (χ0) is 10.8. The Morgan fingerprint density at radius 2 is 2.47 bits per heavy atom. The van der Waals surface area contributed by atoms with Gasteiger partial charge in [0.05, 0.1) is 6.10 Å². The van der Waals surface area contributed by atoms with Gasteiger partial charge in [0.1, 0.15) is 5.69 Å². The summed E-state index contributed by atoms with van der Waals surface area (Å²) in [4.78, 5) is 13.4. The smallest absolute Gasteiger partial charge is 0.271 e. The largest absolute Gasteiger partial charge is 0.393 e. The lowest BCUT2D eigenvalue weighted by molar-refractivity contribution is 0.0264. The molecule has 1 aromatic heterocycles. The van der Waals surface area contributed by atoms with E-state index in [4.69, 9.17) is 5.11 Å². The molecule has 15 heavy (non-hydrogen) atoms. The molecule has 0 aliphatic heterocycles. The molecule has 1 aliphatic rings. The van der Waals surface area contributed by atoms with Crippen LogP contribution in [0.3, 0.4) is 0 Å². The van der Waals surface area contributed by atoms with Gasteiger partial charge in [-0.05, 0) is 24.8 Å². The molecule has 82 valence electrons. The van der Waals surface area contributed by atoms with E-state index in [9.17, 15) is 4.79 Å². The first-order chi connectivity index (χ1) is 7.16. The molecule has 0 atom stereocenters. The Hall–Kier alpha value is -1.36. The Morgan fingerprint density at radius 3 is 3.00 bits per heavy atom. The fraction of sp³-hybridized carbons (Fsp3) is 0.600. The molecule has 2 N–H and O–H groups in total. The second kappa shape index (κ2) is 4.02. The average molecular weight is 209 g/mol. The normalized spacial score (nSPS) is 24.7. The molecule has 0 spiro atoms. The minimum Gasteiger partial charge on any atom is -0.393 e. The second-order valence-corrected chi connectivity index (χ2v) is 4.15. The third-order valence-corrected chi connectivity index (χ3v) is 2.82. The maximum atomic E-state index is 11.8. The van der Waals surface area contributed by atoms with Crippen LogP contribution in [0.25, 0.3) is 0 Å². The van der Waals surface area contributed by atoms with Crippen molar-refractivity contribution < 1.29 is 9.90 Å². The van der Waals surface area contributed by atoms with Crippen LogP contribution in [0.1, 0.15) is 23.3 Å². The SMILES string of the molecule is CN(CC1CC(O)C1)C(=O)c1ccn[nH]1. The summed E-state index contributed by atoms with van der Waals surface area (Å²) in [5.74, 6) is 0.394. The van der Waals surface area contributed by atoms with E-state index in [1.54, 1.807) is 24.2 Å². The number of H-pyrrole nitrogens is 1. The molecule has 0 aromatic carbocycles. The summed E-state index contributed by atoms with van der Waals surface area (Å²) in [5.41, 5.74) is 0.511. The fourth-order valence-electron chi connectivity index (χ4n) is 1.90. The van der Waals surface area contributed by atoms with E-state index < -0.39 is 0 Å². The first kappa shape index (κ1) is 10.2. The van der Waals surface area contributed by atoms with Crippen LogP contribution in [0.4, 0.5) is 0 Å². The Balaban J connectivity index is 1.86. The Kier molecular flexibility index (Phi) is 2.73. The highest BCUT2D eigenvalue weighted by Crippen LogP contribution is 2.27. The van der Waals surface area contributed by atoms with Crippen molar-refractivity contribution in [3.63, 3.8) is 0 Å². The summed E-state index contributed by atoms with van der Waals surface area (Å²) < 4.78 is 0. The molecular weight excluding hydrogens is 194 g/mol. The number of nitrogens with zero attached hydrogens (tertiary/aromatic N) is 2. The van der Waals surface area contributed by atoms with Gasteiger partial charge in [0.25, 0.3) is 5.91 Å². The van der Waals surface area contributed by atoms with E-state index in [1.807, 2.05) is 0 Å². The van der Waals surface area contributed by atoms with Crippen molar-refractivity contribution in [2.45, 2.75) is 18.9 Å². The Labute approximate surface area is 88.1 Å². The van der Waals surface area contributed by atoms with Crippen molar-refractivity contribution in [1.82, 2.24) is 15.1 Å². The summed E-state index contributed by atoms with van der Waals surface area (Å²) in [6, 6.07) is 1.66. The van der Waals surface area contributed by atoms with Gasteiger partial charge in [-0.1, -0.05) is 0 Å². The van der Waals surface area contributed by atoms with Crippen LogP contribution in [0.5, 0.6) is 0 Å². The van der Waals surface area contributed by atoms with Gasteiger partial charge in [-0.15, -0.1) is 0 Å². The van der Waals surface area contributed by atoms with Gasteiger partial charge in [-0.3, -0.25) is 9.89 Å². The Bertz CT molecular complexity index is 330.